The van der Waals surface area contributed by atoms with E-state index in [-0.39, 0.29) is 0 Å². The first-order valence-electron chi connectivity index (χ1n) is 4.44. The Hall–Kier alpha value is -0.270. The van der Waals surface area contributed by atoms with Crippen LogP contribution in [0, 0.1) is 0 Å². The fourth-order valence-corrected chi connectivity index (χ4v) is 2.48. The van der Waals surface area contributed by atoms with Gasteiger partial charge >= 0.3 is 0 Å². The predicted molar refractivity (Wildman–Crippen MR) is 71.6 cm³/mol. The number of rotatable bonds is 3. The molecule has 0 radical (unpaired) electrons. The van der Waals surface area contributed by atoms with Crippen molar-refractivity contribution in [1.82, 2.24) is 15.0 Å². The Morgan fingerprint density at radius 1 is 1.41 bits per heavy atom. The molecule has 0 atom stereocenters. The molecule has 0 fully saturated rings. The van der Waals surface area contributed by atoms with Crippen molar-refractivity contribution in [3.63, 3.8) is 0 Å². The van der Waals surface area contributed by atoms with Gasteiger partial charge in [0.25, 0.3) is 0 Å². The van der Waals surface area contributed by atoms with Gasteiger partial charge in [0, 0.05) is 7.11 Å². The van der Waals surface area contributed by atoms with Crippen molar-refractivity contribution in [3.8, 4) is 10.8 Å². The summed E-state index contributed by atoms with van der Waals surface area (Å²) in [6.07, 6.45) is 1.55. The van der Waals surface area contributed by atoms with Crippen LogP contribution in [0.3, 0.4) is 0 Å². The molecule has 2 aromatic heterocycles. The molecule has 0 aliphatic rings. The molecular formula is C9H6BrCl2N3OS. The number of halogens is 3. The lowest BCUT2D eigenvalue weighted by Crippen LogP contribution is -1.99. The molecule has 0 aliphatic heterocycles. The summed E-state index contributed by atoms with van der Waals surface area (Å²) < 4.78 is 6.25. The van der Waals surface area contributed by atoms with Crippen molar-refractivity contribution in [2.75, 3.05) is 7.11 Å². The molecule has 0 spiro atoms. The van der Waals surface area contributed by atoms with Gasteiger partial charge in [0.1, 0.15) is 9.49 Å². The van der Waals surface area contributed by atoms with E-state index in [0.717, 1.165) is 0 Å². The van der Waals surface area contributed by atoms with E-state index >= 15 is 0 Å². The van der Waals surface area contributed by atoms with Crippen LogP contribution in [0.4, 0.5) is 0 Å². The smallest absolute Gasteiger partial charge is 0.190 e. The minimum absolute atomic E-state index is 0.327. The number of hydrogen-bond acceptors (Lipinski definition) is 5. The van der Waals surface area contributed by atoms with E-state index in [0.29, 0.717) is 37.1 Å². The van der Waals surface area contributed by atoms with Crippen LogP contribution in [0.15, 0.2) is 10.7 Å². The van der Waals surface area contributed by atoms with Crippen LogP contribution in [-0.4, -0.2) is 22.1 Å². The molecule has 0 aromatic carbocycles. The SMILES string of the molecule is COCc1nc(-c2ncc(Cl)s2)nc(Cl)c1Br. The van der Waals surface area contributed by atoms with Crippen LogP contribution in [0.5, 0.6) is 0 Å². The second-order valence-corrected chi connectivity index (χ2v) is 5.81. The number of aromatic nitrogens is 3. The van der Waals surface area contributed by atoms with Crippen LogP contribution >= 0.6 is 50.5 Å². The summed E-state index contributed by atoms with van der Waals surface area (Å²) in [5.74, 6) is 0.446. The monoisotopic (exact) mass is 353 g/mol. The van der Waals surface area contributed by atoms with Crippen LogP contribution in [0.2, 0.25) is 9.49 Å². The van der Waals surface area contributed by atoms with E-state index < -0.39 is 0 Å². The summed E-state index contributed by atoms with van der Waals surface area (Å²) in [6, 6.07) is 0. The van der Waals surface area contributed by atoms with Crippen molar-refractivity contribution < 1.29 is 4.74 Å². The number of methoxy groups -OCH3 is 1. The van der Waals surface area contributed by atoms with Crippen LogP contribution < -0.4 is 0 Å². The van der Waals surface area contributed by atoms with Crippen LogP contribution in [0.25, 0.3) is 10.8 Å². The average Bonchev–Trinajstić information content (AvgIpc) is 2.71. The maximum Gasteiger partial charge on any atom is 0.190 e. The highest BCUT2D eigenvalue weighted by Gasteiger charge is 2.14. The van der Waals surface area contributed by atoms with Gasteiger partial charge in [-0.25, -0.2) is 15.0 Å². The zero-order valence-electron chi connectivity index (χ0n) is 8.58. The lowest BCUT2D eigenvalue weighted by molar-refractivity contribution is 0.181. The van der Waals surface area contributed by atoms with Gasteiger partial charge in [-0.2, -0.15) is 0 Å². The lowest BCUT2D eigenvalue weighted by Gasteiger charge is -2.05. The Kier molecular flexibility index (Phi) is 4.32. The number of thiazole rings is 1. The van der Waals surface area contributed by atoms with Gasteiger partial charge in [-0.1, -0.05) is 34.5 Å². The molecule has 0 aliphatic carbocycles. The minimum atomic E-state index is 0.327. The van der Waals surface area contributed by atoms with Gasteiger partial charge in [-0.05, 0) is 15.9 Å². The minimum Gasteiger partial charge on any atom is -0.378 e. The van der Waals surface area contributed by atoms with Crippen molar-refractivity contribution in [2.45, 2.75) is 6.61 Å². The fraction of sp³-hybridized carbons (Fsp3) is 0.222. The molecule has 17 heavy (non-hydrogen) atoms. The summed E-state index contributed by atoms with van der Waals surface area (Å²) in [7, 11) is 1.59. The number of ether oxygens (including phenoxy) is 1. The van der Waals surface area contributed by atoms with Gasteiger partial charge in [-0.3, -0.25) is 0 Å². The van der Waals surface area contributed by atoms with E-state index in [1.165, 1.54) is 11.3 Å². The Labute approximate surface area is 120 Å². The standard InChI is InChI=1S/C9H6BrCl2N3OS/c1-16-3-4-6(10)7(12)15-8(14-4)9-13-2-5(11)17-9/h2H,3H2,1H3. The highest BCUT2D eigenvalue weighted by atomic mass is 79.9. The summed E-state index contributed by atoms with van der Waals surface area (Å²) in [5.41, 5.74) is 0.675. The molecule has 0 N–H and O–H groups in total. The molecular weight excluding hydrogens is 349 g/mol. The van der Waals surface area contributed by atoms with E-state index in [1.807, 2.05) is 0 Å². The van der Waals surface area contributed by atoms with E-state index in [1.54, 1.807) is 13.3 Å². The quantitative estimate of drug-likeness (QED) is 0.786. The van der Waals surface area contributed by atoms with Gasteiger partial charge in [-0.15, -0.1) is 0 Å². The third-order valence-electron chi connectivity index (χ3n) is 1.83. The van der Waals surface area contributed by atoms with E-state index in [4.69, 9.17) is 27.9 Å². The summed E-state index contributed by atoms with van der Waals surface area (Å²) in [6.45, 7) is 0.342. The third kappa shape index (κ3) is 2.95. The maximum absolute atomic E-state index is 6.00. The lowest BCUT2D eigenvalue weighted by atomic mass is 10.4. The number of hydrogen-bond donors (Lipinski definition) is 0. The molecule has 90 valence electrons. The largest absolute Gasteiger partial charge is 0.378 e. The van der Waals surface area contributed by atoms with E-state index in [9.17, 15) is 0 Å². The molecule has 2 aromatic rings. The Morgan fingerprint density at radius 2 is 2.18 bits per heavy atom. The van der Waals surface area contributed by atoms with Gasteiger partial charge in [0.15, 0.2) is 10.8 Å². The molecule has 2 heterocycles. The Morgan fingerprint density at radius 3 is 2.76 bits per heavy atom. The molecule has 0 amide bonds. The number of nitrogens with zero attached hydrogens (tertiary/aromatic N) is 3. The first kappa shape index (κ1) is 13.2. The van der Waals surface area contributed by atoms with Crippen molar-refractivity contribution >= 4 is 50.5 Å². The molecule has 8 heteroatoms. The molecule has 2 rings (SSSR count). The summed E-state index contributed by atoms with van der Waals surface area (Å²) >= 11 is 16.4. The van der Waals surface area contributed by atoms with E-state index in [2.05, 4.69) is 30.9 Å². The first-order chi connectivity index (χ1) is 8.11. The molecule has 0 unspecified atom stereocenters. The van der Waals surface area contributed by atoms with Crippen molar-refractivity contribution in [2.24, 2.45) is 0 Å². The second kappa shape index (κ2) is 5.58. The van der Waals surface area contributed by atoms with Gasteiger partial charge < -0.3 is 4.74 Å². The maximum atomic E-state index is 6.00. The highest BCUT2D eigenvalue weighted by Crippen LogP contribution is 2.30. The van der Waals surface area contributed by atoms with Crippen LogP contribution in [0.1, 0.15) is 5.69 Å². The van der Waals surface area contributed by atoms with Crippen molar-refractivity contribution in [3.05, 3.63) is 25.9 Å². The highest BCUT2D eigenvalue weighted by molar-refractivity contribution is 9.10. The molecule has 0 saturated heterocycles. The first-order valence-corrected chi connectivity index (χ1v) is 6.81. The predicted octanol–water partition coefficient (Wildman–Crippen LogP) is 3.82. The van der Waals surface area contributed by atoms with Gasteiger partial charge in [0.2, 0.25) is 0 Å². The average molecular weight is 355 g/mol. The zero-order chi connectivity index (χ0) is 12.4. The normalized spacial score (nSPS) is 10.8. The molecule has 4 nitrogen and oxygen atoms in total. The summed E-state index contributed by atoms with van der Waals surface area (Å²) in [4.78, 5) is 12.6. The second-order valence-electron chi connectivity index (χ2n) is 3.00. The Balaban J connectivity index is 2.48. The molecule has 0 saturated carbocycles. The fourth-order valence-electron chi connectivity index (χ4n) is 1.15. The van der Waals surface area contributed by atoms with Gasteiger partial charge in [0.05, 0.1) is 23.0 Å². The topological polar surface area (TPSA) is 47.9 Å². The third-order valence-corrected chi connectivity index (χ3v) is 4.28. The van der Waals surface area contributed by atoms with Crippen molar-refractivity contribution in [1.29, 1.82) is 0 Å². The Bertz CT molecular complexity index is 549. The zero-order valence-corrected chi connectivity index (χ0v) is 12.5. The van der Waals surface area contributed by atoms with Crippen LogP contribution in [-0.2, 0) is 11.3 Å². The molecule has 0 bridgehead atoms. The summed E-state index contributed by atoms with van der Waals surface area (Å²) in [5, 5.41) is 0.954.